The molecule has 2 N–H and O–H groups in total. The van der Waals surface area contributed by atoms with Gasteiger partial charge in [-0.25, -0.2) is 0 Å². The molecule has 1 aliphatic rings. The molecule has 0 unspecified atom stereocenters. The lowest BCUT2D eigenvalue weighted by Crippen LogP contribution is -2.39. The molecule has 0 aliphatic heterocycles. The summed E-state index contributed by atoms with van der Waals surface area (Å²) < 4.78 is 5.12. The molecule has 0 heterocycles. The predicted octanol–water partition coefficient (Wildman–Crippen LogP) is 4.63. The highest BCUT2D eigenvalue weighted by molar-refractivity contribution is 7.80. The van der Waals surface area contributed by atoms with E-state index in [0.717, 1.165) is 37.0 Å². The van der Waals surface area contributed by atoms with Crippen molar-refractivity contribution in [1.29, 1.82) is 0 Å². The number of nitrogens with zero attached hydrogens (tertiary/aromatic N) is 1. The Bertz CT molecular complexity index is 982. The minimum absolute atomic E-state index is 0.0477. The van der Waals surface area contributed by atoms with Gasteiger partial charge in [0.1, 0.15) is 5.75 Å². The number of hydrogen-bond acceptors (Lipinski definition) is 4. The third kappa shape index (κ3) is 6.40. The standard InChI is InChI=1S/C25H29N3O3S/c1-28(19-8-4-3-5-9-19)24(30)21-10-6-7-11-22(21)26-25(32)27-23(29)17-14-18-12-15-20(31-2)16-13-18/h6-7,10-17,19H,3-5,8-9H2,1-2H3,(H2,26,27,29,32). The molecule has 0 aromatic heterocycles. The molecule has 7 heteroatoms. The predicted molar refractivity (Wildman–Crippen MR) is 132 cm³/mol. The Kier molecular flexibility index (Phi) is 8.39. The number of methoxy groups -OCH3 is 1. The Morgan fingerprint density at radius 3 is 2.44 bits per heavy atom. The molecule has 32 heavy (non-hydrogen) atoms. The molecule has 1 fully saturated rings. The van der Waals surface area contributed by atoms with Gasteiger partial charge in [-0.2, -0.15) is 0 Å². The second kappa shape index (κ2) is 11.4. The molecular weight excluding hydrogens is 422 g/mol. The first-order valence-corrected chi connectivity index (χ1v) is 11.2. The van der Waals surface area contributed by atoms with Crippen molar-refractivity contribution in [3.8, 4) is 5.75 Å². The summed E-state index contributed by atoms with van der Waals surface area (Å²) >= 11 is 5.29. The van der Waals surface area contributed by atoms with Crippen LogP contribution in [-0.2, 0) is 4.79 Å². The number of nitrogens with one attached hydrogen (secondary N) is 2. The zero-order chi connectivity index (χ0) is 22.9. The quantitative estimate of drug-likeness (QED) is 0.495. The van der Waals surface area contributed by atoms with E-state index in [0.29, 0.717) is 11.3 Å². The van der Waals surface area contributed by atoms with Gasteiger partial charge < -0.3 is 15.0 Å². The van der Waals surface area contributed by atoms with Gasteiger partial charge in [0, 0.05) is 19.2 Å². The van der Waals surface area contributed by atoms with E-state index < -0.39 is 0 Å². The number of ether oxygens (including phenoxy) is 1. The number of para-hydroxylation sites is 1. The fraction of sp³-hybridized carbons (Fsp3) is 0.320. The van der Waals surface area contributed by atoms with E-state index in [1.807, 2.05) is 48.3 Å². The zero-order valence-electron chi connectivity index (χ0n) is 18.5. The molecule has 1 saturated carbocycles. The summed E-state index contributed by atoms with van der Waals surface area (Å²) in [5.74, 6) is 0.342. The minimum Gasteiger partial charge on any atom is -0.497 e. The molecule has 168 valence electrons. The summed E-state index contributed by atoms with van der Waals surface area (Å²) in [6.45, 7) is 0. The Hall–Kier alpha value is -3.19. The van der Waals surface area contributed by atoms with Crippen LogP contribution in [0.4, 0.5) is 5.69 Å². The van der Waals surface area contributed by atoms with Gasteiger partial charge in [-0.15, -0.1) is 0 Å². The van der Waals surface area contributed by atoms with E-state index in [1.54, 1.807) is 25.3 Å². The van der Waals surface area contributed by atoms with Crippen LogP contribution in [0.5, 0.6) is 5.75 Å². The number of benzene rings is 2. The van der Waals surface area contributed by atoms with Gasteiger partial charge in [-0.3, -0.25) is 14.9 Å². The van der Waals surface area contributed by atoms with Crippen molar-refractivity contribution in [2.75, 3.05) is 19.5 Å². The minimum atomic E-state index is -0.360. The van der Waals surface area contributed by atoms with E-state index in [2.05, 4.69) is 10.6 Å². The van der Waals surface area contributed by atoms with Crippen LogP contribution in [0.2, 0.25) is 0 Å². The van der Waals surface area contributed by atoms with Crippen molar-refractivity contribution < 1.29 is 14.3 Å². The molecule has 0 bridgehead atoms. The van der Waals surface area contributed by atoms with Crippen LogP contribution in [-0.4, -0.2) is 42.0 Å². The van der Waals surface area contributed by atoms with Crippen LogP contribution >= 0.6 is 12.2 Å². The highest BCUT2D eigenvalue weighted by Gasteiger charge is 2.24. The number of rotatable bonds is 6. The Morgan fingerprint density at radius 1 is 1.06 bits per heavy atom. The first-order valence-electron chi connectivity index (χ1n) is 10.8. The van der Waals surface area contributed by atoms with E-state index in [1.165, 1.54) is 12.5 Å². The van der Waals surface area contributed by atoms with Gasteiger partial charge in [0.05, 0.1) is 18.4 Å². The average Bonchev–Trinajstić information content (AvgIpc) is 2.83. The molecule has 0 radical (unpaired) electrons. The molecule has 2 aromatic rings. The molecule has 0 saturated heterocycles. The fourth-order valence-electron chi connectivity index (χ4n) is 3.80. The van der Waals surface area contributed by atoms with Gasteiger partial charge in [0.2, 0.25) is 5.91 Å². The first-order chi connectivity index (χ1) is 15.5. The molecule has 6 nitrogen and oxygen atoms in total. The third-order valence-corrected chi connectivity index (χ3v) is 5.83. The van der Waals surface area contributed by atoms with E-state index >= 15 is 0 Å². The zero-order valence-corrected chi connectivity index (χ0v) is 19.3. The smallest absolute Gasteiger partial charge is 0.255 e. The van der Waals surface area contributed by atoms with Crippen LogP contribution in [0.1, 0.15) is 48.0 Å². The van der Waals surface area contributed by atoms with E-state index in [-0.39, 0.29) is 23.0 Å². The third-order valence-electron chi connectivity index (χ3n) is 5.63. The maximum atomic E-state index is 13.1. The molecule has 2 amide bonds. The van der Waals surface area contributed by atoms with Crippen molar-refractivity contribution in [2.24, 2.45) is 0 Å². The highest BCUT2D eigenvalue weighted by Crippen LogP contribution is 2.25. The lowest BCUT2D eigenvalue weighted by molar-refractivity contribution is -0.115. The maximum absolute atomic E-state index is 13.1. The number of anilines is 1. The van der Waals surface area contributed by atoms with Crippen molar-refractivity contribution in [3.05, 3.63) is 65.7 Å². The number of carbonyl (C=O) groups is 2. The number of amides is 2. The molecule has 0 spiro atoms. The maximum Gasteiger partial charge on any atom is 0.255 e. The second-order valence-electron chi connectivity index (χ2n) is 7.80. The summed E-state index contributed by atoms with van der Waals surface area (Å²) in [5, 5.41) is 5.75. The van der Waals surface area contributed by atoms with Crippen LogP contribution in [0.15, 0.2) is 54.6 Å². The molecular formula is C25H29N3O3S. The lowest BCUT2D eigenvalue weighted by Gasteiger charge is -2.31. The van der Waals surface area contributed by atoms with Gasteiger partial charge >= 0.3 is 0 Å². The van der Waals surface area contributed by atoms with Crippen LogP contribution in [0.25, 0.3) is 6.08 Å². The van der Waals surface area contributed by atoms with Gasteiger partial charge in [-0.1, -0.05) is 43.5 Å². The topological polar surface area (TPSA) is 70.7 Å². The molecule has 0 atom stereocenters. The largest absolute Gasteiger partial charge is 0.497 e. The number of hydrogen-bond donors (Lipinski definition) is 2. The summed E-state index contributed by atoms with van der Waals surface area (Å²) in [6, 6.07) is 14.8. The highest BCUT2D eigenvalue weighted by atomic mass is 32.1. The van der Waals surface area contributed by atoms with Crippen molar-refractivity contribution in [2.45, 2.75) is 38.1 Å². The first kappa shape index (κ1) is 23.5. The molecule has 3 rings (SSSR count). The Morgan fingerprint density at radius 2 is 1.75 bits per heavy atom. The van der Waals surface area contributed by atoms with Gasteiger partial charge in [-0.05, 0) is 61.0 Å². The van der Waals surface area contributed by atoms with Crippen LogP contribution in [0, 0.1) is 0 Å². The van der Waals surface area contributed by atoms with Crippen molar-refractivity contribution >= 4 is 40.9 Å². The number of thiocarbonyl (C=S) groups is 1. The Balaban J connectivity index is 1.60. The van der Waals surface area contributed by atoms with Crippen molar-refractivity contribution in [1.82, 2.24) is 10.2 Å². The summed E-state index contributed by atoms with van der Waals surface area (Å²) in [5.41, 5.74) is 1.97. The average molecular weight is 452 g/mol. The second-order valence-corrected chi connectivity index (χ2v) is 8.21. The van der Waals surface area contributed by atoms with E-state index in [9.17, 15) is 9.59 Å². The lowest BCUT2D eigenvalue weighted by atomic mass is 9.94. The van der Waals surface area contributed by atoms with Gasteiger partial charge in [0.15, 0.2) is 5.11 Å². The summed E-state index contributed by atoms with van der Waals surface area (Å²) in [6.07, 6.45) is 8.71. The van der Waals surface area contributed by atoms with Crippen LogP contribution in [0.3, 0.4) is 0 Å². The monoisotopic (exact) mass is 451 g/mol. The normalized spacial score (nSPS) is 14.1. The van der Waals surface area contributed by atoms with Crippen LogP contribution < -0.4 is 15.4 Å². The number of carbonyl (C=O) groups excluding carboxylic acids is 2. The molecule has 1 aliphatic carbocycles. The SMILES string of the molecule is COc1ccc(C=CC(=O)NC(=S)Nc2ccccc2C(=O)N(C)C2CCCCC2)cc1. The van der Waals surface area contributed by atoms with E-state index in [4.69, 9.17) is 17.0 Å². The Labute approximate surface area is 194 Å². The summed E-state index contributed by atoms with van der Waals surface area (Å²) in [7, 11) is 3.46. The van der Waals surface area contributed by atoms with Crippen molar-refractivity contribution in [3.63, 3.8) is 0 Å². The summed E-state index contributed by atoms with van der Waals surface area (Å²) in [4.78, 5) is 27.2. The van der Waals surface area contributed by atoms with Gasteiger partial charge in [0.25, 0.3) is 5.91 Å². The fourth-order valence-corrected chi connectivity index (χ4v) is 4.01. The molecule has 2 aromatic carbocycles.